The van der Waals surface area contributed by atoms with Crippen LogP contribution in [0.1, 0.15) is 47.4 Å². The molecule has 184 valence electrons. The van der Waals surface area contributed by atoms with Crippen molar-refractivity contribution in [3.8, 4) is 17.2 Å². The molecule has 0 atom stereocenters. The zero-order valence-electron chi connectivity index (χ0n) is 19.8. The molecule has 35 heavy (non-hydrogen) atoms. The molecule has 0 spiro atoms. The highest BCUT2D eigenvalue weighted by Gasteiger charge is 2.16. The number of nitrogens with one attached hydrogen (secondary N) is 2. The highest BCUT2D eigenvalue weighted by molar-refractivity contribution is 7.13. The molecular formula is C26H29N3O5S. The number of nitrogens with zero attached hydrogens (tertiary/aromatic N) is 1. The van der Waals surface area contributed by atoms with Crippen LogP contribution >= 0.6 is 11.3 Å². The summed E-state index contributed by atoms with van der Waals surface area (Å²) >= 11 is 1.34. The molecule has 9 heteroatoms. The minimum absolute atomic E-state index is 0.0703. The number of aromatic nitrogens is 1. The van der Waals surface area contributed by atoms with Gasteiger partial charge in [-0.05, 0) is 69.0 Å². The summed E-state index contributed by atoms with van der Waals surface area (Å²) in [5.41, 5.74) is 0.947. The SMILES string of the molecule is CC(C)Oc1cc(Oc2ccc(C(=O)NCC3CCOCC3)cc2)cc(C(=O)Nc2nccs2)c1. The minimum Gasteiger partial charge on any atom is -0.491 e. The van der Waals surface area contributed by atoms with Gasteiger partial charge in [0, 0.05) is 48.5 Å². The van der Waals surface area contributed by atoms with Crippen LogP contribution in [0.4, 0.5) is 5.13 Å². The van der Waals surface area contributed by atoms with E-state index in [1.54, 1.807) is 54.0 Å². The molecule has 2 N–H and O–H groups in total. The van der Waals surface area contributed by atoms with Crippen LogP contribution in [-0.4, -0.2) is 42.7 Å². The van der Waals surface area contributed by atoms with E-state index < -0.39 is 0 Å². The van der Waals surface area contributed by atoms with Crippen molar-refractivity contribution in [3.05, 3.63) is 65.2 Å². The first-order valence-electron chi connectivity index (χ1n) is 11.6. The molecule has 0 saturated carbocycles. The van der Waals surface area contributed by atoms with Crippen molar-refractivity contribution in [1.82, 2.24) is 10.3 Å². The summed E-state index contributed by atoms with van der Waals surface area (Å²) in [6, 6.07) is 11.9. The van der Waals surface area contributed by atoms with E-state index in [4.69, 9.17) is 14.2 Å². The van der Waals surface area contributed by atoms with Gasteiger partial charge in [-0.25, -0.2) is 4.98 Å². The number of amides is 2. The largest absolute Gasteiger partial charge is 0.491 e. The lowest BCUT2D eigenvalue weighted by Crippen LogP contribution is -2.32. The maximum atomic E-state index is 12.7. The van der Waals surface area contributed by atoms with Crippen molar-refractivity contribution in [2.75, 3.05) is 25.1 Å². The Hall–Kier alpha value is -3.43. The number of hydrogen-bond donors (Lipinski definition) is 2. The van der Waals surface area contributed by atoms with Crippen molar-refractivity contribution in [2.24, 2.45) is 5.92 Å². The second-order valence-corrected chi connectivity index (χ2v) is 9.44. The van der Waals surface area contributed by atoms with E-state index in [1.807, 2.05) is 13.8 Å². The van der Waals surface area contributed by atoms with Gasteiger partial charge in [0.2, 0.25) is 0 Å². The first kappa shape index (κ1) is 24.7. The Balaban J connectivity index is 1.43. The third-order valence-corrected chi connectivity index (χ3v) is 6.10. The number of thiazole rings is 1. The van der Waals surface area contributed by atoms with Gasteiger partial charge >= 0.3 is 0 Å². The number of rotatable bonds is 9. The molecule has 0 bridgehead atoms. The Morgan fingerprint density at radius 3 is 2.46 bits per heavy atom. The highest BCUT2D eigenvalue weighted by Crippen LogP contribution is 2.29. The third kappa shape index (κ3) is 7.27. The molecule has 1 saturated heterocycles. The lowest BCUT2D eigenvalue weighted by molar-refractivity contribution is 0.0642. The Bertz CT molecular complexity index is 1130. The molecule has 2 heterocycles. The maximum Gasteiger partial charge on any atom is 0.257 e. The topological polar surface area (TPSA) is 98.8 Å². The molecule has 8 nitrogen and oxygen atoms in total. The fraction of sp³-hybridized carbons (Fsp3) is 0.346. The second-order valence-electron chi connectivity index (χ2n) is 8.54. The standard InChI is InChI=1S/C26H29N3O5S/c1-17(2)33-22-13-20(25(31)29-26-27-9-12-35-26)14-23(15-22)34-21-5-3-19(4-6-21)24(30)28-16-18-7-10-32-11-8-18/h3-6,9,12-15,17-18H,7-8,10-11,16H2,1-2H3,(H,28,30)(H,27,29,31). The van der Waals surface area contributed by atoms with Crippen LogP contribution in [0.2, 0.25) is 0 Å². The van der Waals surface area contributed by atoms with Crippen molar-refractivity contribution in [2.45, 2.75) is 32.8 Å². The molecule has 1 aliphatic rings. The van der Waals surface area contributed by atoms with E-state index in [9.17, 15) is 9.59 Å². The van der Waals surface area contributed by atoms with Crippen LogP contribution in [0.25, 0.3) is 0 Å². The summed E-state index contributed by atoms with van der Waals surface area (Å²) in [5, 5.41) is 8.07. The number of ether oxygens (including phenoxy) is 3. The normalized spacial score (nSPS) is 13.9. The molecule has 1 aromatic heterocycles. The van der Waals surface area contributed by atoms with Gasteiger partial charge in [0.1, 0.15) is 17.2 Å². The summed E-state index contributed by atoms with van der Waals surface area (Å²) in [7, 11) is 0. The van der Waals surface area contributed by atoms with Crippen molar-refractivity contribution < 1.29 is 23.8 Å². The third-order valence-electron chi connectivity index (χ3n) is 5.41. The van der Waals surface area contributed by atoms with Crippen LogP contribution in [0.3, 0.4) is 0 Å². The monoisotopic (exact) mass is 495 g/mol. The highest BCUT2D eigenvalue weighted by atomic mass is 32.1. The van der Waals surface area contributed by atoms with E-state index >= 15 is 0 Å². The Kier molecular flexibility index (Phi) is 8.33. The number of hydrogen-bond acceptors (Lipinski definition) is 7. The maximum absolute atomic E-state index is 12.7. The van der Waals surface area contributed by atoms with Gasteiger partial charge < -0.3 is 19.5 Å². The first-order valence-corrected chi connectivity index (χ1v) is 12.5. The fourth-order valence-electron chi connectivity index (χ4n) is 3.66. The van der Waals surface area contributed by atoms with E-state index in [1.165, 1.54) is 11.3 Å². The summed E-state index contributed by atoms with van der Waals surface area (Å²) in [6.45, 7) is 5.98. The zero-order valence-corrected chi connectivity index (χ0v) is 20.6. The molecule has 1 aliphatic heterocycles. The zero-order chi connectivity index (χ0) is 24.6. The number of anilines is 1. The van der Waals surface area contributed by atoms with Crippen LogP contribution in [-0.2, 0) is 4.74 Å². The predicted octanol–water partition coefficient (Wildman–Crippen LogP) is 5.13. The lowest BCUT2D eigenvalue weighted by atomic mass is 10.0. The van der Waals surface area contributed by atoms with Gasteiger partial charge in [-0.15, -0.1) is 11.3 Å². The molecule has 0 unspecified atom stereocenters. The van der Waals surface area contributed by atoms with Crippen LogP contribution in [0.15, 0.2) is 54.0 Å². The lowest BCUT2D eigenvalue weighted by Gasteiger charge is -2.22. The Labute approximate surface area is 208 Å². The van der Waals surface area contributed by atoms with Gasteiger partial charge in [-0.3, -0.25) is 14.9 Å². The molecule has 4 rings (SSSR count). The number of carbonyl (C=O) groups excluding carboxylic acids is 2. The van der Waals surface area contributed by atoms with Crippen molar-refractivity contribution in [1.29, 1.82) is 0 Å². The van der Waals surface area contributed by atoms with E-state index in [-0.39, 0.29) is 17.9 Å². The summed E-state index contributed by atoms with van der Waals surface area (Å²) < 4.78 is 17.2. The summed E-state index contributed by atoms with van der Waals surface area (Å²) in [4.78, 5) is 29.3. The number of benzene rings is 2. The minimum atomic E-state index is -0.310. The van der Waals surface area contributed by atoms with Crippen molar-refractivity contribution in [3.63, 3.8) is 0 Å². The van der Waals surface area contributed by atoms with E-state index in [2.05, 4.69) is 15.6 Å². The van der Waals surface area contributed by atoms with Gasteiger partial charge in [-0.2, -0.15) is 0 Å². The van der Waals surface area contributed by atoms with Crippen molar-refractivity contribution >= 4 is 28.3 Å². The molecular weight excluding hydrogens is 466 g/mol. The van der Waals surface area contributed by atoms with Gasteiger partial charge in [0.05, 0.1) is 6.10 Å². The van der Waals surface area contributed by atoms with Crippen LogP contribution in [0.5, 0.6) is 17.2 Å². The average molecular weight is 496 g/mol. The number of carbonyl (C=O) groups is 2. The second kappa shape index (κ2) is 11.8. The molecule has 3 aromatic rings. The molecule has 1 fully saturated rings. The predicted molar refractivity (Wildman–Crippen MR) is 135 cm³/mol. The average Bonchev–Trinajstić information content (AvgIpc) is 3.36. The first-order chi connectivity index (χ1) is 17.0. The quantitative estimate of drug-likeness (QED) is 0.427. The molecule has 2 aromatic carbocycles. The van der Waals surface area contributed by atoms with Gasteiger partial charge in [-0.1, -0.05) is 0 Å². The molecule has 0 aliphatic carbocycles. The smallest absolute Gasteiger partial charge is 0.257 e. The van der Waals surface area contributed by atoms with E-state index in [0.717, 1.165) is 26.1 Å². The Morgan fingerprint density at radius 1 is 1.03 bits per heavy atom. The molecule has 0 radical (unpaired) electrons. The van der Waals surface area contributed by atoms with E-state index in [0.29, 0.717) is 46.0 Å². The fourth-order valence-corrected chi connectivity index (χ4v) is 4.18. The molecule has 2 amide bonds. The van der Waals surface area contributed by atoms with Gasteiger partial charge in [0.25, 0.3) is 11.8 Å². The van der Waals surface area contributed by atoms with Crippen LogP contribution < -0.4 is 20.1 Å². The summed E-state index contributed by atoms with van der Waals surface area (Å²) in [6.07, 6.45) is 3.49. The summed E-state index contributed by atoms with van der Waals surface area (Å²) in [5.74, 6) is 1.54. The van der Waals surface area contributed by atoms with Gasteiger partial charge in [0.15, 0.2) is 5.13 Å². The Morgan fingerprint density at radius 2 is 1.77 bits per heavy atom. The van der Waals surface area contributed by atoms with Crippen LogP contribution in [0, 0.1) is 5.92 Å².